The maximum Gasteiger partial charge on any atom is 0.338 e. The van der Waals surface area contributed by atoms with E-state index in [1.807, 2.05) is 68.4 Å². The molecule has 0 aromatic heterocycles. The summed E-state index contributed by atoms with van der Waals surface area (Å²) in [6.07, 6.45) is 0.883. The van der Waals surface area contributed by atoms with Crippen molar-refractivity contribution in [3.8, 4) is 11.5 Å². The maximum absolute atomic E-state index is 13.5. The number of para-hydroxylation sites is 1. The zero-order valence-corrected chi connectivity index (χ0v) is 23.5. The van der Waals surface area contributed by atoms with Gasteiger partial charge in [-0.05, 0) is 50.1 Å². The van der Waals surface area contributed by atoms with Crippen LogP contribution in [-0.2, 0) is 9.53 Å². The Bertz CT molecular complexity index is 1210. The quantitative estimate of drug-likeness (QED) is 0.432. The molecule has 0 aliphatic carbocycles. The molecule has 1 unspecified atom stereocenters. The number of amides is 4. The highest BCUT2D eigenvalue weighted by atomic mass is 16.5. The van der Waals surface area contributed by atoms with E-state index in [1.54, 1.807) is 16.7 Å². The van der Waals surface area contributed by atoms with Crippen LogP contribution in [0.15, 0.2) is 65.9 Å². The molecule has 10 nitrogen and oxygen atoms in total. The molecule has 2 aromatic carbocycles. The maximum atomic E-state index is 13.5. The summed E-state index contributed by atoms with van der Waals surface area (Å²) < 4.78 is 11.5. The number of piperazine rings is 1. The molecule has 1 atom stereocenters. The van der Waals surface area contributed by atoms with Crippen LogP contribution in [0, 0.1) is 0 Å². The van der Waals surface area contributed by atoms with E-state index in [0.717, 1.165) is 12.0 Å². The van der Waals surface area contributed by atoms with Gasteiger partial charge < -0.3 is 25.0 Å². The first-order valence-electron chi connectivity index (χ1n) is 14.0. The number of rotatable bonds is 10. The van der Waals surface area contributed by atoms with Crippen LogP contribution in [-0.4, -0.2) is 85.2 Å². The molecule has 0 saturated carbocycles. The van der Waals surface area contributed by atoms with Crippen LogP contribution in [0.2, 0.25) is 0 Å². The minimum atomic E-state index is -0.704. The molecule has 0 radical (unpaired) electrons. The highest BCUT2D eigenvalue weighted by Crippen LogP contribution is 2.34. The van der Waals surface area contributed by atoms with E-state index in [1.165, 1.54) is 0 Å². The number of nitrogens with one attached hydrogen (secondary N) is 2. The number of hydrogen-bond donors (Lipinski definition) is 2. The second kappa shape index (κ2) is 13.8. The molecule has 2 aliphatic heterocycles. The number of benzene rings is 2. The molecule has 2 aromatic rings. The largest absolute Gasteiger partial charge is 0.463 e. The molecule has 1 fully saturated rings. The lowest BCUT2D eigenvalue weighted by molar-refractivity contribution is -0.139. The fraction of sp³-hybridized carbons (Fsp3) is 0.433. The predicted molar refractivity (Wildman–Crippen MR) is 152 cm³/mol. The van der Waals surface area contributed by atoms with Gasteiger partial charge in [0.1, 0.15) is 11.5 Å². The van der Waals surface area contributed by atoms with Crippen molar-refractivity contribution in [3.63, 3.8) is 0 Å². The summed E-state index contributed by atoms with van der Waals surface area (Å²) in [4.78, 5) is 44.8. The number of ether oxygens (including phenoxy) is 2. The van der Waals surface area contributed by atoms with E-state index >= 15 is 0 Å². The average Bonchev–Trinajstić information content (AvgIpc) is 2.97. The molecule has 0 spiro atoms. The highest BCUT2D eigenvalue weighted by molar-refractivity contribution is 5.95. The first kappa shape index (κ1) is 28.9. The Hall–Kier alpha value is -4.05. The van der Waals surface area contributed by atoms with Crippen molar-refractivity contribution < 1.29 is 23.9 Å². The van der Waals surface area contributed by atoms with Gasteiger partial charge in [0.15, 0.2) is 0 Å². The summed E-state index contributed by atoms with van der Waals surface area (Å²) in [6.45, 7) is 9.70. The minimum Gasteiger partial charge on any atom is -0.463 e. The number of carbonyl (C=O) groups excluding carboxylic acids is 3. The first-order valence-corrected chi connectivity index (χ1v) is 14.0. The zero-order valence-electron chi connectivity index (χ0n) is 23.5. The van der Waals surface area contributed by atoms with E-state index in [2.05, 4.69) is 15.5 Å². The fourth-order valence-corrected chi connectivity index (χ4v) is 4.95. The van der Waals surface area contributed by atoms with Crippen molar-refractivity contribution in [1.29, 1.82) is 0 Å². The number of urea groups is 2. The normalized spacial score (nSPS) is 17.9. The van der Waals surface area contributed by atoms with Crippen molar-refractivity contribution in [2.45, 2.75) is 33.2 Å². The van der Waals surface area contributed by atoms with Crippen LogP contribution >= 0.6 is 0 Å². The molecular formula is C30H39N5O5. The molecule has 0 bridgehead atoms. The first-order chi connectivity index (χ1) is 19.4. The Morgan fingerprint density at radius 1 is 0.975 bits per heavy atom. The molecule has 214 valence electrons. The second-order valence-corrected chi connectivity index (χ2v) is 9.69. The standard InChI is InChI=1S/C30H39N5O5/c1-4-15-31-29(37)34-18-16-33(17-19-34)21-25-26(28(36)39-6-3)27(32-30(38)35(25)5-2)22-11-10-14-24(20-22)40-23-12-8-7-9-13-23/h7-14,20,27H,4-6,15-19,21H2,1-3H3,(H,31,37)(H,32,38). The lowest BCUT2D eigenvalue weighted by Gasteiger charge is -2.40. The molecule has 4 rings (SSSR count). The lowest BCUT2D eigenvalue weighted by Crippen LogP contribution is -2.55. The summed E-state index contributed by atoms with van der Waals surface area (Å²) in [5.74, 6) is 0.819. The van der Waals surface area contributed by atoms with Gasteiger partial charge in [-0.3, -0.25) is 9.80 Å². The van der Waals surface area contributed by atoms with E-state index in [0.29, 0.717) is 68.6 Å². The molecule has 2 heterocycles. The topological polar surface area (TPSA) is 103 Å². The Morgan fingerprint density at radius 2 is 1.70 bits per heavy atom. The number of carbonyl (C=O) groups is 3. The SMILES string of the molecule is CCCNC(=O)N1CCN(CC2=C(C(=O)OCC)C(c3cccc(Oc4ccccc4)c3)NC(=O)N2CC)CC1. The summed E-state index contributed by atoms with van der Waals surface area (Å²) in [7, 11) is 0. The van der Waals surface area contributed by atoms with E-state index in [9.17, 15) is 14.4 Å². The van der Waals surface area contributed by atoms with E-state index < -0.39 is 12.0 Å². The molecule has 4 amide bonds. The van der Waals surface area contributed by atoms with Crippen LogP contribution in [0.4, 0.5) is 9.59 Å². The van der Waals surface area contributed by atoms with Gasteiger partial charge >= 0.3 is 18.0 Å². The smallest absolute Gasteiger partial charge is 0.338 e. The third kappa shape index (κ3) is 6.93. The van der Waals surface area contributed by atoms with Crippen molar-refractivity contribution in [2.75, 3.05) is 52.4 Å². The van der Waals surface area contributed by atoms with Crippen LogP contribution in [0.3, 0.4) is 0 Å². The van der Waals surface area contributed by atoms with Gasteiger partial charge in [0.25, 0.3) is 0 Å². The Labute approximate surface area is 235 Å². The van der Waals surface area contributed by atoms with Crippen LogP contribution in [0.1, 0.15) is 38.8 Å². The summed E-state index contributed by atoms with van der Waals surface area (Å²) in [5.41, 5.74) is 1.74. The van der Waals surface area contributed by atoms with Crippen LogP contribution in [0.5, 0.6) is 11.5 Å². The van der Waals surface area contributed by atoms with Gasteiger partial charge in [0.2, 0.25) is 0 Å². The van der Waals surface area contributed by atoms with Crippen LogP contribution < -0.4 is 15.4 Å². The van der Waals surface area contributed by atoms with E-state index in [-0.39, 0.29) is 18.7 Å². The monoisotopic (exact) mass is 549 g/mol. The van der Waals surface area contributed by atoms with Gasteiger partial charge in [0.05, 0.1) is 18.2 Å². The lowest BCUT2D eigenvalue weighted by atomic mass is 9.94. The minimum absolute atomic E-state index is 0.0576. The molecule has 40 heavy (non-hydrogen) atoms. The summed E-state index contributed by atoms with van der Waals surface area (Å²) in [6, 6.07) is 15.8. The van der Waals surface area contributed by atoms with Gasteiger partial charge in [-0.15, -0.1) is 0 Å². The van der Waals surface area contributed by atoms with Crippen molar-refractivity contribution in [1.82, 2.24) is 25.3 Å². The van der Waals surface area contributed by atoms with Crippen molar-refractivity contribution in [3.05, 3.63) is 71.4 Å². The van der Waals surface area contributed by atoms with Gasteiger partial charge in [-0.25, -0.2) is 14.4 Å². The average molecular weight is 550 g/mol. The fourth-order valence-electron chi connectivity index (χ4n) is 4.95. The van der Waals surface area contributed by atoms with Gasteiger partial charge in [-0.1, -0.05) is 37.3 Å². The number of hydrogen-bond acceptors (Lipinski definition) is 6. The zero-order chi connectivity index (χ0) is 28.5. The summed E-state index contributed by atoms with van der Waals surface area (Å²) >= 11 is 0. The van der Waals surface area contributed by atoms with Crippen molar-refractivity contribution >= 4 is 18.0 Å². The molecule has 1 saturated heterocycles. The van der Waals surface area contributed by atoms with Gasteiger partial charge in [-0.2, -0.15) is 0 Å². The number of esters is 1. The third-order valence-corrected chi connectivity index (χ3v) is 6.98. The van der Waals surface area contributed by atoms with E-state index in [4.69, 9.17) is 9.47 Å². The predicted octanol–water partition coefficient (Wildman–Crippen LogP) is 4.12. The second-order valence-electron chi connectivity index (χ2n) is 9.69. The number of likely N-dealkylation sites (N-methyl/N-ethyl adjacent to an activating group) is 1. The molecule has 10 heteroatoms. The van der Waals surface area contributed by atoms with Gasteiger partial charge in [0, 0.05) is 51.5 Å². The molecular weight excluding hydrogens is 510 g/mol. The Balaban J connectivity index is 1.62. The molecule has 2 aliphatic rings. The molecule has 2 N–H and O–H groups in total. The third-order valence-electron chi connectivity index (χ3n) is 6.98. The Kier molecular flexibility index (Phi) is 10.0. The Morgan fingerprint density at radius 3 is 2.38 bits per heavy atom. The summed E-state index contributed by atoms with van der Waals surface area (Å²) in [5, 5.41) is 5.94. The highest BCUT2D eigenvalue weighted by Gasteiger charge is 2.38. The van der Waals surface area contributed by atoms with Crippen molar-refractivity contribution in [2.24, 2.45) is 0 Å². The van der Waals surface area contributed by atoms with Crippen LogP contribution in [0.25, 0.3) is 0 Å². The number of nitrogens with zero attached hydrogens (tertiary/aromatic N) is 3.